The van der Waals surface area contributed by atoms with Crippen LogP contribution in [0.5, 0.6) is 11.5 Å². The van der Waals surface area contributed by atoms with Gasteiger partial charge in [-0.3, -0.25) is 5.10 Å². The van der Waals surface area contributed by atoms with Crippen molar-refractivity contribution in [2.75, 3.05) is 34.9 Å². The number of ether oxygens (including phenoxy) is 2. The molecule has 0 aliphatic carbocycles. The number of hydrogen-bond acceptors (Lipinski definition) is 5. The van der Waals surface area contributed by atoms with Gasteiger partial charge in [0.2, 0.25) is 0 Å². The third-order valence-corrected chi connectivity index (χ3v) is 5.17. The zero-order valence-electron chi connectivity index (χ0n) is 17.2. The number of rotatable bonds is 9. The minimum atomic E-state index is 0.181. The van der Waals surface area contributed by atoms with E-state index in [1.807, 2.05) is 42.6 Å². The molecule has 0 aliphatic heterocycles. The summed E-state index contributed by atoms with van der Waals surface area (Å²) in [6.07, 6.45) is 1.86. The van der Waals surface area contributed by atoms with Gasteiger partial charge >= 0.3 is 0 Å². The van der Waals surface area contributed by atoms with Crippen LogP contribution in [0.4, 0.5) is 0 Å². The summed E-state index contributed by atoms with van der Waals surface area (Å²) in [7, 11) is 7.44. The highest BCUT2D eigenvalue weighted by molar-refractivity contribution is 6.30. The normalized spacial score (nSPS) is 12.2. The van der Waals surface area contributed by atoms with E-state index in [0.717, 1.165) is 45.5 Å². The van der Waals surface area contributed by atoms with Crippen LogP contribution in [0, 0.1) is 0 Å². The first kappa shape index (κ1) is 21.2. The van der Waals surface area contributed by atoms with Crippen molar-refractivity contribution in [2.24, 2.45) is 0 Å². The number of likely N-dealkylation sites (N-methyl/N-ethyl adjacent to an activating group) is 1. The van der Waals surface area contributed by atoms with Gasteiger partial charge in [0.1, 0.15) is 0 Å². The van der Waals surface area contributed by atoms with E-state index in [1.165, 1.54) is 0 Å². The Morgan fingerprint density at radius 1 is 1.07 bits per heavy atom. The van der Waals surface area contributed by atoms with Crippen molar-refractivity contribution in [2.45, 2.75) is 12.6 Å². The molecule has 0 aliphatic rings. The van der Waals surface area contributed by atoms with Crippen LogP contribution in [-0.4, -0.2) is 50.0 Å². The quantitative estimate of drug-likeness (QED) is 0.551. The van der Waals surface area contributed by atoms with Crippen LogP contribution < -0.4 is 14.8 Å². The molecule has 7 heteroatoms. The predicted molar refractivity (Wildman–Crippen MR) is 117 cm³/mol. The molecule has 2 N–H and O–H groups in total. The summed E-state index contributed by atoms with van der Waals surface area (Å²) in [6, 6.07) is 14.0. The molecule has 1 unspecified atom stereocenters. The van der Waals surface area contributed by atoms with Crippen LogP contribution in [0.3, 0.4) is 0 Å². The fourth-order valence-electron chi connectivity index (χ4n) is 3.31. The average molecular weight is 415 g/mol. The summed E-state index contributed by atoms with van der Waals surface area (Å²) >= 11 is 6.00. The van der Waals surface area contributed by atoms with Crippen LogP contribution in [-0.2, 0) is 6.54 Å². The SMILES string of the molecule is COc1ccc(C(CNCc2cn[nH]c2-c2ccc(Cl)cc2)N(C)C)cc1OC. The molecule has 29 heavy (non-hydrogen) atoms. The lowest BCUT2D eigenvalue weighted by molar-refractivity contribution is 0.286. The minimum Gasteiger partial charge on any atom is -0.493 e. The van der Waals surface area contributed by atoms with Gasteiger partial charge in [0.25, 0.3) is 0 Å². The summed E-state index contributed by atoms with van der Waals surface area (Å²) in [6.45, 7) is 1.47. The average Bonchev–Trinajstić information content (AvgIpc) is 3.19. The number of halogens is 1. The molecule has 1 atom stereocenters. The molecule has 3 rings (SSSR count). The lowest BCUT2D eigenvalue weighted by atomic mass is 10.0. The van der Waals surface area contributed by atoms with Crippen LogP contribution in [0.1, 0.15) is 17.2 Å². The number of nitrogens with one attached hydrogen (secondary N) is 2. The van der Waals surface area contributed by atoms with Crippen LogP contribution in [0.2, 0.25) is 5.02 Å². The second kappa shape index (κ2) is 9.78. The van der Waals surface area contributed by atoms with Crippen molar-refractivity contribution in [3.05, 3.63) is 64.8 Å². The Balaban J connectivity index is 1.70. The standard InChI is InChI=1S/C22H27ClN4O2/c1-27(2)19(16-7-10-20(28-3)21(11-16)29-4)14-24-12-17-13-25-26-22(17)15-5-8-18(23)9-6-15/h5-11,13,19,24H,12,14H2,1-4H3,(H,25,26). The number of nitrogens with zero attached hydrogens (tertiary/aromatic N) is 2. The molecule has 0 fully saturated rings. The Morgan fingerprint density at radius 3 is 2.45 bits per heavy atom. The van der Waals surface area contributed by atoms with Gasteiger partial charge in [-0.2, -0.15) is 5.10 Å². The summed E-state index contributed by atoms with van der Waals surface area (Å²) in [4.78, 5) is 2.18. The first-order valence-corrected chi connectivity index (χ1v) is 9.78. The van der Waals surface area contributed by atoms with Crippen LogP contribution in [0.25, 0.3) is 11.3 Å². The maximum Gasteiger partial charge on any atom is 0.161 e. The molecule has 0 radical (unpaired) electrons. The van der Waals surface area contributed by atoms with Crippen molar-refractivity contribution in [1.82, 2.24) is 20.4 Å². The molecule has 2 aromatic carbocycles. The second-order valence-electron chi connectivity index (χ2n) is 7.00. The highest BCUT2D eigenvalue weighted by atomic mass is 35.5. The van der Waals surface area contributed by atoms with Crippen LogP contribution >= 0.6 is 11.6 Å². The van der Waals surface area contributed by atoms with Gasteiger partial charge in [0, 0.05) is 29.7 Å². The third-order valence-electron chi connectivity index (χ3n) is 4.92. The molecule has 0 spiro atoms. The Hall–Kier alpha value is -2.54. The maximum absolute atomic E-state index is 6.00. The lowest BCUT2D eigenvalue weighted by Crippen LogP contribution is -2.30. The highest BCUT2D eigenvalue weighted by Crippen LogP contribution is 2.31. The molecular formula is C22H27ClN4O2. The summed E-state index contributed by atoms with van der Waals surface area (Å²) in [5.74, 6) is 1.46. The van der Waals surface area contributed by atoms with Gasteiger partial charge in [0.15, 0.2) is 11.5 Å². The van der Waals surface area contributed by atoms with Gasteiger partial charge < -0.3 is 19.7 Å². The summed E-state index contributed by atoms with van der Waals surface area (Å²) in [5.41, 5.74) is 4.33. The lowest BCUT2D eigenvalue weighted by Gasteiger charge is -2.26. The molecule has 1 aromatic heterocycles. The Labute approximate surface area is 176 Å². The second-order valence-corrected chi connectivity index (χ2v) is 7.44. The predicted octanol–water partition coefficient (Wildman–Crippen LogP) is 4.14. The zero-order valence-corrected chi connectivity index (χ0v) is 18.0. The van der Waals surface area contributed by atoms with Crippen LogP contribution in [0.15, 0.2) is 48.7 Å². The van der Waals surface area contributed by atoms with E-state index in [9.17, 15) is 0 Å². The molecule has 154 valence electrons. The summed E-state index contributed by atoms with van der Waals surface area (Å²) in [5, 5.41) is 11.6. The monoisotopic (exact) mass is 414 g/mol. The van der Waals surface area contributed by atoms with Crippen molar-refractivity contribution in [3.63, 3.8) is 0 Å². The number of aromatic amines is 1. The summed E-state index contributed by atoms with van der Waals surface area (Å²) < 4.78 is 10.8. The number of methoxy groups -OCH3 is 2. The molecular weight excluding hydrogens is 388 g/mol. The molecule has 1 heterocycles. The van der Waals surface area contributed by atoms with Gasteiger partial charge in [-0.25, -0.2) is 0 Å². The number of hydrogen-bond donors (Lipinski definition) is 2. The van der Waals surface area contributed by atoms with Crippen molar-refractivity contribution >= 4 is 11.6 Å². The van der Waals surface area contributed by atoms with Crippen molar-refractivity contribution in [3.8, 4) is 22.8 Å². The number of aromatic nitrogens is 2. The van der Waals surface area contributed by atoms with E-state index in [1.54, 1.807) is 14.2 Å². The fraction of sp³-hybridized carbons (Fsp3) is 0.318. The molecule has 3 aromatic rings. The van der Waals surface area contributed by atoms with E-state index in [2.05, 4.69) is 40.6 Å². The van der Waals surface area contributed by atoms with E-state index >= 15 is 0 Å². The highest BCUT2D eigenvalue weighted by Gasteiger charge is 2.17. The van der Waals surface area contributed by atoms with Crippen molar-refractivity contribution < 1.29 is 9.47 Å². The molecule has 0 saturated heterocycles. The van der Waals surface area contributed by atoms with E-state index < -0.39 is 0 Å². The first-order chi connectivity index (χ1) is 14.0. The maximum atomic E-state index is 6.00. The van der Waals surface area contributed by atoms with E-state index in [-0.39, 0.29) is 6.04 Å². The fourth-order valence-corrected chi connectivity index (χ4v) is 3.44. The number of H-pyrrole nitrogens is 1. The largest absolute Gasteiger partial charge is 0.493 e. The van der Waals surface area contributed by atoms with Gasteiger partial charge in [-0.15, -0.1) is 0 Å². The molecule has 0 saturated carbocycles. The van der Waals surface area contributed by atoms with E-state index in [0.29, 0.717) is 6.54 Å². The van der Waals surface area contributed by atoms with Crippen molar-refractivity contribution in [1.29, 1.82) is 0 Å². The molecule has 6 nitrogen and oxygen atoms in total. The number of benzene rings is 2. The van der Waals surface area contributed by atoms with Gasteiger partial charge in [-0.1, -0.05) is 29.8 Å². The smallest absolute Gasteiger partial charge is 0.161 e. The Kier molecular flexibility index (Phi) is 7.14. The Bertz CT molecular complexity index is 925. The molecule has 0 bridgehead atoms. The molecule has 0 amide bonds. The third kappa shape index (κ3) is 5.09. The first-order valence-electron chi connectivity index (χ1n) is 9.40. The topological polar surface area (TPSA) is 62.4 Å². The van der Waals surface area contributed by atoms with Gasteiger partial charge in [-0.05, 0) is 49.5 Å². The van der Waals surface area contributed by atoms with E-state index in [4.69, 9.17) is 21.1 Å². The minimum absolute atomic E-state index is 0.181. The Morgan fingerprint density at radius 2 is 1.79 bits per heavy atom. The van der Waals surface area contributed by atoms with Gasteiger partial charge in [0.05, 0.1) is 26.1 Å². The zero-order chi connectivity index (χ0) is 20.8.